The van der Waals surface area contributed by atoms with Crippen LogP contribution in [0.4, 0.5) is 0 Å². The molecule has 0 atom stereocenters. The Morgan fingerprint density at radius 2 is 1.81 bits per heavy atom. The van der Waals surface area contributed by atoms with Gasteiger partial charge in [-0.05, 0) is 51.3 Å². The molecule has 0 spiro atoms. The number of sulfone groups is 1. The smallest absolute Gasteiger partial charge is 0.227 e. The van der Waals surface area contributed by atoms with E-state index in [-0.39, 0.29) is 5.91 Å². The van der Waals surface area contributed by atoms with Crippen LogP contribution in [0, 0.1) is 0 Å². The average molecular weight is 309 g/mol. The Morgan fingerprint density at radius 3 is 2.24 bits per heavy atom. The molecule has 0 heterocycles. The second-order valence-electron chi connectivity index (χ2n) is 5.83. The number of hydrogen-bond acceptors (Lipinski definition) is 3. The first-order valence-electron chi connectivity index (χ1n) is 7.48. The minimum atomic E-state index is -3.24. The maximum atomic E-state index is 12.2. The second kappa shape index (κ2) is 6.18. The van der Waals surface area contributed by atoms with Gasteiger partial charge < -0.3 is 4.90 Å². The molecular weight excluding hydrogens is 286 g/mol. The summed E-state index contributed by atoms with van der Waals surface area (Å²) in [6.45, 7) is 6.07. The summed E-state index contributed by atoms with van der Waals surface area (Å²) in [5.41, 5.74) is 0.863. The molecule has 21 heavy (non-hydrogen) atoms. The summed E-state index contributed by atoms with van der Waals surface area (Å²) in [7, 11) is -3.24. The minimum absolute atomic E-state index is 0.125. The maximum absolute atomic E-state index is 12.2. The normalized spacial score (nSPS) is 15.2. The Morgan fingerprint density at radius 1 is 1.24 bits per heavy atom. The molecule has 0 N–H and O–H groups in total. The van der Waals surface area contributed by atoms with Gasteiger partial charge in [0.1, 0.15) is 0 Å². The van der Waals surface area contributed by atoms with E-state index in [0.29, 0.717) is 17.4 Å². The lowest BCUT2D eigenvalue weighted by molar-refractivity contribution is -0.130. The first-order valence-corrected chi connectivity index (χ1v) is 9.03. The number of benzene rings is 1. The van der Waals surface area contributed by atoms with Gasteiger partial charge in [0.05, 0.1) is 16.6 Å². The Balaban J connectivity index is 2.07. The Labute approximate surface area is 127 Å². The Kier molecular flexibility index (Phi) is 4.71. The topological polar surface area (TPSA) is 54.5 Å². The van der Waals surface area contributed by atoms with Crippen LogP contribution in [0.1, 0.15) is 39.2 Å². The lowest BCUT2D eigenvalue weighted by atomic mass is 10.1. The Bertz CT molecular complexity index is 601. The van der Waals surface area contributed by atoms with Crippen LogP contribution in [0.15, 0.2) is 29.2 Å². The van der Waals surface area contributed by atoms with Gasteiger partial charge in [-0.25, -0.2) is 8.42 Å². The zero-order valence-corrected chi connectivity index (χ0v) is 13.7. The van der Waals surface area contributed by atoms with Gasteiger partial charge in [-0.3, -0.25) is 4.79 Å². The minimum Gasteiger partial charge on any atom is -0.340 e. The van der Waals surface area contributed by atoms with E-state index < -0.39 is 15.1 Å². The predicted molar refractivity (Wildman–Crippen MR) is 82.9 cm³/mol. The fraction of sp³-hybridized carbons (Fsp3) is 0.562. The van der Waals surface area contributed by atoms with Crippen LogP contribution in [-0.4, -0.2) is 37.1 Å². The van der Waals surface area contributed by atoms with Gasteiger partial charge in [-0.15, -0.1) is 0 Å². The predicted octanol–water partition coefficient (Wildman–Crippen LogP) is 2.42. The van der Waals surface area contributed by atoms with E-state index in [4.69, 9.17) is 0 Å². The molecule has 0 unspecified atom stereocenters. The molecule has 0 saturated heterocycles. The van der Waals surface area contributed by atoms with Gasteiger partial charge in [-0.2, -0.15) is 0 Å². The molecule has 4 nitrogen and oxygen atoms in total. The molecule has 0 aromatic heterocycles. The number of hydrogen-bond donors (Lipinski definition) is 0. The van der Waals surface area contributed by atoms with E-state index in [1.165, 1.54) is 0 Å². The zero-order valence-electron chi connectivity index (χ0n) is 12.9. The van der Waals surface area contributed by atoms with E-state index >= 15 is 0 Å². The third-order valence-corrected chi connectivity index (χ3v) is 6.05. The summed E-state index contributed by atoms with van der Waals surface area (Å²) < 4.78 is 24.1. The standard InChI is InChI=1S/C16H23NO3S/c1-4-17(14-7-8-14)16(18)11-13-5-9-15(10-6-13)21(19,20)12(2)3/h5-6,9-10,12,14H,4,7-8,11H2,1-3H3. The molecule has 1 aliphatic rings. The van der Waals surface area contributed by atoms with Crippen molar-refractivity contribution in [2.45, 2.75) is 56.2 Å². The van der Waals surface area contributed by atoms with E-state index in [0.717, 1.165) is 24.9 Å². The molecule has 1 amide bonds. The van der Waals surface area contributed by atoms with Crippen molar-refractivity contribution >= 4 is 15.7 Å². The van der Waals surface area contributed by atoms with Crippen molar-refractivity contribution in [2.75, 3.05) is 6.54 Å². The number of amides is 1. The van der Waals surface area contributed by atoms with Crippen molar-refractivity contribution in [3.8, 4) is 0 Å². The van der Waals surface area contributed by atoms with Crippen LogP contribution in [0.3, 0.4) is 0 Å². The van der Waals surface area contributed by atoms with E-state index in [2.05, 4.69) is 0 Å². The van der Waals surface area contributed by atoms with Crippen LogP contribution in [-0.2, 0) is 21.1 Å². The molecule has 5 heteroatoms. The molecule has 0 bridgehead atoms. The van der Waals surface area contributed by atoms with Crippen LogP contribution in [0.25, 0.3) is 0 Å². The maximum Gasteiger partial charge on any atom is 0.227 e. The van der Waals surface area contributed by atoms with Crippen LogP contribution < -0.4 is 0 Å². The largest absolute Gasteiger partial charge is 0.340 e. The quantitative estimate of drug-likeness (QED) is 0.811. The first kappa shape index (κ1) is 16.0. The molecule has 116 valence electrons. The van der Waals surface area contributed by atoms with E-state index in [1.54, 1.807) is 38.1 Å². The third-order valence-electron chi connectivity index (χ3n) is 3.88. The highest BCUT2D eigenvalue weighted by Crippen LogP contribution is 2.27. The summed E-state index contributed by atoms with van der Waals surface area (Å²) in [4.78, 5) is 14.5. The molecule has 1 aliphatic carbocycles. The molecule has 1 aromatic carbocycles. The fourth-order valence-electron chi connectivity index (χ4n) is 2.37. The van der Waals surface area contributed by atoms with Gasteiger partial charge in [0, 0.05) is 12.6 Å². The van der Waals surface area contributed by atoms with Crippen molar-refractivity contribution in [3.63, 3.8) is 0 Å². The van der Waals surface area contributed by atoms with Gasteiger partial charge in [-0.1, -0.05) is 12.1 Å². The van der Waals surface area contributed by atoms with Gasteiger partial charge in [0.15, 0.2) is 9.84 Å². The van der Waals surface area contributed by atoms with Gasteiger partial charge in [0.25, 0.3) is 0 Å². The highest BCUT2D eigenvalue weighted by Gasteiger charge is 2.31. The number of carbonyl (C=O) groups is 1. The van der Waals surface area contributed by atoms with Crippen LogP contribution in [0.5, 0.6) is 0 Å². The molecule has 2 rings (SSSR count). The molecule has 1 aromatic rings. The highest BCUT2D eigenvalue weighted by atomic mass is 32.2. The zero-order chi connectivity index (χ0) is 15.6. The summed E-state index contributed by atoms with van der Waals surface area (Å²) in [5.74, 6) is 0.125. The van der Waals surface area contributed by atoms with Crippen molar-refractivity contribution in [2.24, 2.45) is 0 Å². The highest BCUT2D eigenvalue weighted by molar-refractivity contribution is 7.92. The summed E-state index contributed by atoms with van der Waals surface area (Å²) >= 11 is 0. The van der Waals surface area contributed by atoms with Crippen molar-refractivity contribution in [3.05, 3.63) is 29.8 Å². The molecule has 0 radical (unpaired) electrons. The van der Waals surface area contributed by atoms with Gasteiger partial charge in [0.2, 0.25) is 5.91 Å². The van der Waals surface area contributed by atoms with E-state index in [1.807, 2.05) is 11.8 Å². The molecule has 0 aliphatic heterocycles. The van der Waals surface area contributed by atoms with Gasteiger partial charge >= 0.3 is 0 Å². The van der Waals surface area contributed by atoms with Crippen molar-refractivity contribution in [1.29, 1.82) is 0 Å². The Hall–Kier alpha value is -1.36. The fourth-order valence-corrected chi connectivity index (χ4v) is 3.43. The molecule has 1 saturated carbocycles. The first-order chi connectivity index (χ1) is 9.86. The summed E-state index contributed by atoms with van der Waals surface area (Å²) in [6, 6.07) is 7.11. The molecular formula is C16H23NO3S. The SMILES string of the molecule is CCN(C(=O)Cc1ccc(S(=O)(=O)C(C)C)cc1)C1CC1. The second-order valence-corrected chi connectivity index (χ2v) is 8.33. The van der Waals surface area contributed by atoms with Crippen molar-refractivity contribution < 1.29 is 13.2 Å². The monoisotopic (exact) mass is 309 g/mol. The van der Waals surface area contributed by atoms with E-state index in [9.17, 15) is 13.2 Å². The number of rotatable bonds is 6. The number of likely N-dealkylation sites (N-methyl/N-ethyl adjacent to an activating group) is 1. The van der Waals surface area contributed by atoms with Crippen LogP contribution in [0.2, 0.25) is 0 Å². The van der Waals surface area contributed by atoms with Crippen molar-refractivity contribution in [1.82, 2.24) is 4.90 Å². The van der Waals surface area contributed by atoms with Crippen LogP contribution >= 0.6 is 0 Å². The number of carbonyl (C=O) groups excluding carboxylic acids is 1. The average Bonchev–Trinajstić information content (AvgIpc) is 3.24. The summed E-state index contributed by atoms with van der Waals surface area (Å²) in [6.07, 6.45) is 2.54. The summed E-state index contributed by atoms with van der Waals surface area (Å²) in [5, 5.41) is -0.435. The molecule has 1 fully saturated rings. The lowest BCUT2D eigenvalue weighted by Gasteiger charge is -2.20. The number of nitrogens with zero attached hydrogens (tertiary/aromatic N) is 1. The third kappa shape index (κ3) is 3.64. The lowest BCUT2D eigenvalue weighted by Crippen LogP contribution is -2.34.